The van der Waals surface area contributed by atoms with Gasteiger partial charge in [-0.3, -0.25) is 0 Å². The Balaban J connectivity index is 1.12. The van der Waals surface area contributed by atoms with Crippen LogP contribution in [0.15, 0.2) is 121 Å². The molecule has 0 aliphatic heterocycles. The van der Waals surface area contributed by atoms with E-state index in [1.165, 1.54) is 47.1 Å². The lowest BCUT2D eigenvalue weighted by atomic mass is 9.24. The lowest BCUT2D eigenvalue weighted by molar-refractivity contribution is -0.231. The second-order valence-corrected chi connectivity index (χ2v) is 22.1. The minimum atomic E-state index is -0.146. The highest BCUT2D eigenvalue weighted by atomic mass is 16.5. The molecular weight excluding hydrogens is 861 g/mol. The van der Waals surface area contributed by atoms with Crippen LogP contribution in [0.2, 0.25) is 0 Å². The molecule has 0 saturated heterocycles. The van der Waals surface area contributed by atoms with Crippen LogP contribution in [0.25, 0.3) is 0 Å². The Labute approximate surface area is 415 Å². The van der Waals surface area contributed by atoms with Crippen LogP contribution in [-0.4, -0.2) is 33.0 Å². The van der Waals surface area contributed by atoms with Crippen LogP contribution >= 0.6 is 0 Å². The average molecular weight is 921 g/mol. The summed E-state index contributed by atoms with van der Waals surface area (Å²) in [6, 6.07) is 45.1. The Bertz CT molecular complexity index is 2690. The third-order valence-corrected chi connectivity index (χ3v) is 18.2. The Morgan fingerprint density at radius 3 is 0.786 bits per heavy atom. The molecule has 8 aliphatic rings. The molecule has 5 nitrogen and oxygen atoms in total. The second kappa shape index (κ2) is 17.4. The summed E-state index contributed by atoms with van der Waals surface area (Å²) in [5, 5.41) is 0. The van der Waals surface area contributed by atoms with Crippen LogP contribution in [0, 0.1) is 78.5 Å². The SMILES string of the molecule is C#CCOc1ccc(C23CC4CC(c5ccc(OCC#C)cc5)(C2)CC(C25CC6(c7ccc(OCC#C)cc7)CC(c7ccc(OCC#C)cc7)(CC(c7ccc(OCC#C)cc7)(C6)C2)C5)(C4)C3)cc1. The summed E-state index contributed by atoms with van der Waals surface area (Å²) in [6.07, 6.45) is 41.7. The normalized spacial score (nSPS) is 31.5. The molecule has 5 heteroatoms. The number of ether oxygens (including phenoxy) is 5. The molecule has 0 radical (unpaired) electrons. The van der Waals surface area contributed by atoms with E-state index >= 15 is 0 Å². The summed E-state index contributed by atoms with van der Waals surface area (Å²) in [5.41, 5.74) is 6.45. The molecule has 5 aromatic carbocycles. The number of terminal acetylenes is 5. The van der Waals surface area contributed by atoms with Gasteiger partial charge >= 0.3 is 0 Å². The lowest BCUT2D eigenvalue weighted by Gasteiger charge is -2.79. The molecule has 5 aromatic rings. The van der Waals surface area contributed by atoms with Crippen LogP contribution in [0.5, 0.6) is 28.7 Å². The predicted molar refractivity (Wildman–Crippen MR) is 276 cm³/mol. The van der Waals surface area contributed by atoms with E-state index in [-0.39, 0.29) is 70.9 Å². The van der Waals surface area contributed by atoms with E-state index in [1.807, 2.05) is 0 Å². The van der Waals surface area contributed by atoms with Gasteiger partial charge < -0.3 is 23.7 Å². The van der Waals surface area contributed by atoms with Crippen LogP contribution in [0.1, 0.15) is 105 Å². The van der Waals surface area contributed by atoms with Gasteiger partial charge in [-0.25, -0.2) is 0 Å². The molecule has 8 bridgehead atoms. The summed E-state index contributed by atoms with van der Waals surface area (Å²) < 4.78 is 30.0. The van der Waals surface area contributed by atoms with Crippen molar-refractivity contribution in [3.63, 3.8) is 0 Å². The minimum absolute atomic E-state index is 0.00818. The van der Waals surface area contributed by atoms with Crippen molar-refractivity contribution in [2.45, 2.75) is 104 Å². The van der Waals surface area contributed by atoms with Gasteiger partial charge in [-0.2, -0.15) is 0 Å². The molecule has 0 amide bonds. The van der Waals surface area contributed by atoms with E-state index < -0.39 is 0 Å². The summed E-state index contributed by atoms with van der Waals surface area (Å²) in [6.45, 7) is 1.19. The molecule has 8 aliphatic carbocycles. The van der Waals surface area contributed by atoms with Crippen molar-refractivity contribution in [2.24, 2.45) is 16.7 Å². The summed E-state index contributed by atoms with van der Waals surface area (Å²) in [4.78, 5) is 0. The first-order valence-electron chi connectivity index (χ1n) is 24.9. The molecule has 13 rings (SSSR count). The number of hydrogen-bond donors (Lipinski definition) is 0. The van der Waals surface area contributed by atoms with Gasteiger partial charge in [0, 0.05) is 0 Å². The van der Waals surface area contributed by atoms with Crippen molar-refractivity contribution in [3.05, 3.63) is 149 Å². The molecule has 70 heavy (non-hydrogen) atoms. The van der Waals surface area contributed by atoms with E-state index in [4.69, 9.17) is 55.8 Å². The predicted octanol–water partition coefficient (Wildman–Crippen LogP) is 12.1. The fourth-order valence-electron chi connectivity index (χ4n) is 16.9. The van der Waals surface area contributed by atoms with Gasteiger partial charge in [0.1, 0.15) is 61.8 Å². The van der Waals surface area contributed by atoms with E-state index in [2.05, 4.69) is 151 Å². The summed E-state index contributed by atoms with van der Waals surface area (Å²) in [5.74, 6) is 17.8. The Morgan fingerprint density at radius 2 is 0.529 bits per heavy atom. The standard InChI is InChI=1S/C65H60O5/c1-6-31-66-54-21-11-49(12-22-54)59-36-48-37-60(39-59,50-13-23-55(24-14-50)67-32-7-2)44-64(38-48,43-59)65-45-61(51-15-25-56(26-16-51)68-33-8-3)40-62(46-65,52-17-27-57(28-18-52)69-34-9-4)42-63(41-61,47-65)53-19-29-58(30-20-53)70-35-10-5/h1-5,11-30,48H,31-47H2. The van der Waals surface area contributed by atoms with Gasteiger partial charge in [-0.15, -0.1) is 32.1 Å². The smallest absolute Gasteiger partial charge is 0.148 e. The van der Waals surface area contributed by atoms with Gasteiger partial charge in [0.2, 0.25) is 0 Å². The van der Waals surface area contributed by atoms with Gasteiger partial charge in [0.15, 0.2) is 0 Å². The molecule has 8 saturated carbocycles. The van der Waals surface area contributed by atoms with E-state index in [0.29, 0.717) is 5.92 Å². The molecule has 0 spiro atoms. The summed E-state index contributed by atoms with van der Waals surface area (Å²) >= 11 is 0. The lowest BCUT2D eigenvalue weighted by Crippen LogP contribution is -2.73. The molecule has 0 aromatic heterocycles. The topological polar surface area (TPSA) is 46.2 Å². The maximum atomic E-state index is 6.01. The van der Waals surface area contributed by atoms with Gasteiger partial charge in [0.05, 0.1) is 0 Å². The van der Waals surface area contributed by atoms with E-state index in [0.717, 1.165) is 86.5 Å². The molecular formula is C65H60O5. The third-order valence-electron chi connectivity index (χ3n) is 18.2. The van der Waals surface area contributed by atoms with Crippen molar-refractivity contribution in [3.8, 4) is 90.5 Å². The Morgan fingerprint density at radius 1 is 0.300 bits per heavy atom. The zero-order valence-electron chi connectivity index (χ0n) is 40.1. The van der Waals surface area contributed by atoms with E-state index in [1.54, 1.807) is 0 Å². The van der Waals surface area contributed by atoms with Crippen LogP contribution in [-0.2, 0) is 27.1 Å². The maximum Gasteiger partial charge on any atom is 0.148 e. The molecule has 350 valence electrons. The van der Waals surface area contributed by atoms with Crippen LogP contribution in [0.3, 0.4) is 0 Å². The highest BCUT2D eigenvalue weighted by Gasteiger charge is 2.77. The van der Waals surface area contributed by atoms with Crippen molar-refractivity contribution < 1.29 is 23.7 Å². The molecule has 8 fully saturated rings. The number of benzene rings is 5. The number of hydrogen-bond acceptors (Lipinski definition) is 5. The van der Waals surface area contributed by atoms with Crippen LogP contribution < -0.4 is 23.7 Å². The first kappa shape index (κ1) is 45.3. The molecule has 0 heterocycles. The summed E-state index contributed by atoms with van der Waals surface area (Å²) in [7, 11) is 0. The van der Waals surface area contributed by atoms with Crippen LogP contribution in [0.4, 0.5) is 0 Å². The second-order valence-electron chi connectivity index (χ2n) is 22.1. The van der Waals surface area contributed by atoms with Crippen molar-refractivity contribution in [1.82, 2.24) is 0 Å². The third kappa shape index (κ3) is 7.48. The van der Waals surface area contributed by atoms with Crippen molar-refractivity contribution in [1.29, 1.82) is 0 Å². The average Bonchev–Trinajstić information content (AvgIpc) is 3.38. The quantitative estimate of drug-likeness (QED) is 0.0923. The van der Waals surface area contributed by atoms with Gasteiger partial charge in [-0.1, -0.05) is 90.3 Å². The van der Waals surface area contributed by atoms with Gasteiger partial charge in [-0.05, 0) is 209 Å². The highest BCUT2D eigenvalue weighted by molar-refractivity contribution is 5.51. The van der Waals surface area contributed by atoms with Gasteiger partial charge in [0.25, 0.3) is 0 Å². The zero-order valence-corrected chi connectivity index (χ0v) is 40.1. The molecule has 0 N–H and O–H groups in total. The molecule has 2 atom stereocenters. The fraction of sp³-hybridized carbons (Fsp3) is 0.385. The first-order chi connectivity index (χ1) is 34.1. The monoisotopic (exact) mass is 920 g/mol. The Kier molecular flexibility index (Phi) is 11.3. The number of rotatable bonds is 16. The van der Waals surface area contributed by atoms with Crippen molar-refractivity contribution >= 4 is 0 Å². The fourth-order valence-corrected chi connectivity index (χ4v) is 16.9. The van der Waals surface area contributed by atoms with Crippen molar-refractivity contribution in [2.75, 3.05) is 33.0 Å². The highest BCUT2D eigenvalue weighted by Crippen LogP contribution is 2.84. The Hall–Kier alpha value is -7.10. The maximum absolute atomic E-state index is 6.01. The largest absolute Gasteiger partial charge is 0.481 e. The minimum Gasteiger partial charge on any atom is -0.481 e. The zero-order chi connectivity index (χ0) is 48.1. The van der Waals surface area contributed by atoms with E-state index in [9.17, 15) is 0 Å². The molecule has 2 unspecified atom stereocenters. The first-order valence-corrected chi connectivity index (χ1v) is 24.9.